The van der Waals surface area contributed by atoms with Gasteiger partial charge in [-0.25, -0.2) is 4.79 Å². The molecule has 3 N–H and O–H groups in total. The fourth-order valence-electron chi connectivity index (χ4n) is 1.43. The number of carbonyl (C=O) groups excluding carboxylic acids is 1. The number of phenolic OH excluding ortho intramolecular Hbond substituents is 1. The van der Waals surface area contributed by atoms with Crippen LogP contribution in [-0.2, 0) is 4.79 Å². The van der Waals surface area contributed by atoms with Crippen molar-refractivity contribution in [2.75, 3.05) is 0 Å². The molecular weight excluding hydrogens is 222 g/mol. The van der Waals surface area contributed by atoms with E-state index in [1.165, 1.54) is 24.3 Å². The summed E-state index contributed by atoms with van der Waals surface area (Å²) in [5, 5.41) is 20.5. The summed E-state index contributed by atoms with van der Waals surface area (Å²) in [7, 11) is 0. The van der Waals surface area contributed by atoms with E-state index in [0.717, 1.165) is 0 Å². The molecule has 0 radical (unpaired) electrons. The number of benzene rings is 1. The second-order valence-corrected chi connectivity index (χ2v) is 3.70. The molecule has 0 bridgehead atoms. The highest BCUT2D eigenvalue weighted by atomic mass is 16.4. The van der Waals surface area contributed by atoms with Crippen LogP contribution in [-0.4, -0.2) is 28.1 Å². The highest BCUT2D eigenvalue weighted by Crippen LogP contribution is 2.11. The third-order valence-electron chi connectivity index (χ3n) is 2.29. The standard InChI is InChI=1S/C12H15NO4/c1-2-4-10(12(16)17)13-11(15)8-5-3-6-9(14)7-8/h3,5-7,10,14H,2,4H2,1H3,(H,13,15)(H,16,17). The van der Waals surface area contributed by atoms with Crippen LogP contribution in [0.4, 0.5) is 0 Å². The monoisotopic (exact) mass is 237 g/mol. The summed E-state index contributed by atoms with van der Waals surface area (Å²) in [4.78, 5) is 22.6. The van der Waals surface area contributed by atoms with Gasteiger partial charge in [0.25, 0.3) is 5.91 Å². The van der Waals surface area contributed by atoms with Crippen LogP contribution in [0.2, 0.25) is 0 Å². The molecule has 17 heavy (non-hydrogen) atoms. The van der Waals surface area contributed by atoms with Gasteiger partial charge in [0.05, 0.1) is 0 Å². The lowest BCUT2D eigenvalue weighted by atomic mass is 10.1. The van der Waals surface area contributed by atoms with E-state index in [2.05, 4.69) is 5.32 Å². The summed E-state index contributed by atoms with van der Waals surface area (Å²) in [6.07, 6.45) is 1.04. The Morgan fingerprint density at radius 3 is 2.65 bits per heavy atom. The maximum atomic E-state index is 11.7. The SMILES string of the molecule is CCCC(NC(=O)c1cccc(O)c1)C(=O)O. The van der Waals surface area contributed by atoms with Crippen LogP contribution >= 0.6 is 0 Å². The van der Waals surface area contributed by atoms with E-state index in [0.29, 0.717) is 12.8 Å². The molecule has 0 heterocycles. The lowest BCUT2D eigenvalue weighted by molar-refractivity contribution is -0.139. The Morgan fingerprint density at radius 1 is 1.41 bits per heavy atom. The Labute approximate surface area is 99.1 Å². The number of carboxylic acid groups (broad SMARTS) is 1. The molecule has 0 aliphatic heterocycles. The van der Waals surface area contributed by atoms with Gasteiger partial charge in [0.15, 0.2) is 0 Å². The maximum absolute atomic E-state index is 11.7. The van der Waals surface area contributed by atoms with Crippen LogP contribution in [0.25, 0.3) is 0 Å². The average molecular weight is 237 g/mol. The first kappa shape index (κ1) is 13.0. The first-order valence-electron chi connectivity index (χ1n) is 5.37. The molecule has 1 aromatic carbocycles. The average Bonchev–Trinajstić information content (AvgIpc) is 2.28. The normalized spacial score (nSPS) is 11.8. The molecule has 1 amide bonds. The number of carbonyl (C=O) groups is 2. The highest BCUT2D eigenvalue weighted by molar-refractivity contribution is 5.96. The van der Waals surface area contributed by atoms with Crippen LogP contribution in [0.5, 0.6) is 5.75 Å². The number of rotatable bonds is 5. The van der Waals surface area contributed by atoms with Crippen molar-refractivity contribution in [3.05, 3.63) is 29.8 Å². The van der Waals surface area contributed by atoms with E-state index in [9.17, 15) is 14.7 Å². The lowest BCUT2D eigenvalue weighted by Gasteiger charge is -2.13. The third-order valence-corrected chi connectivity index (χ3v) is 2.29. The zero-order valence-electron chi connectivity index (χ0n) is 9.51. The van der Waals surface area contributed by atoms with Crippen molar-refractivity contribution in [1.29, 1.82) is 0 Å². The van der Waals surface area contributed by atoms with Crippen molar-refractivity contribution >= 4 is 11.9 Å². The van der Waals surface area contributed by atoms with Gasteiger partial charge < -0.3 is 15.5 Å². The number of hydrogen-bond donors (Lipinski definition) is 3. The third kappa shape index (κ3) is 3.79. The van der Waals surface area contributed by atoms with E-state index in [-0.39, 0.29) is 11.3 Å². The van der Waals surface area contributed by atoms with E-state index in [1.807, 2.05) is 6.92 Å². The predicted molar refractivity (Wildman–Crippen MR) is 61.9 cm³/mol. The smallest absolute Gasteiger partial charge is 0.326 e. The summed E-state index contributed by atoms with van der Waals surface area (Å²) in [5.74, 6) is -1.58. The van der Waals surface area contributed by atoms with Crippen LogP contribution in [0.15, 0.2) is 24.3 Å². The molecule has 1 atom stereocenters. The molecule has 1 aromatic rings. The summed E-state index contributed by atoms with van der Waals surface area (Å²) in [6, 6.07) is 4.88. The Bertz CT molecular complexity index is 417. The van der Waals surface area contributed by atoms with Crippen molar-refractivity contribution in [1.82, 2.24) is 5.32 Å². The molecule has 5 nitrogen and oxygen atoms in total. The van der Waals surface area contributed by atoms with Gasteiger partial charge in [-0.3, -0.25) is 4.79 Å². The Morgan fingerprint density at radius 2 is 2.12 bits per heavy atom. The van der Waals surface area contributed by atoms with Crippen molar-refractivity contribution in [3.8, 4) is 5.75 Å². The van der Waals surface area contributed by atoms with E-state index in [1.54, 1.807) is 0 Å². The largest absolute Gasteiger partial charge is 0.508 e. The summed E-state index contributed by atoms with van der Waals surface area (Å²) in [5.41, 5.74) is 0.243. The summed E-state index contributed by atoms with van der Waals surface area (Å²) < 4.78 is 0. The van der Waals surface area contributed by atoms with Crippen molar-refractivity contribution in [2.24, 2.45) is 0 Å². The Hall–Kier alpha value is -2.04. The fourth-order valence-corrected chi connectivity index (χ4v) is 1.43. The van der Waals surface area contributed by atoms with Crippen molar-refractivity contribution in [2.45, 2.75) is 25.8 Å². The number of carboxylic acids is 1. The minimum absolute atomic E-state index is 0.0278. The quantitative estimate of drug-likeness (QED) is 0.722. The number of nitrogens with one attached hydrogen (secondary N) is 1. The zero-order chi connectivity index (χ0) is 12.8. The van der Waals surface area contributed by atoms with E-state index < -0.39 is 17.9 Å². The van der Waals surface area contributed by atoms with Crippen molar-refractivity contribution < 1.29 is 19.8 Å². The topological polar surface area (TPSA) is 86.6 Å². The van der Waals surface area contributed by atoms with E-state index in [4.69, 9.17) is 5.11 Å². The first-order valence-corrected chi connectivity index (χ1v) is 5.37. The molecule has 0 saturated carbocycles. The van der Waals surface area contributed by atoms with Gasteiger partial charge in [-0.15, -0.1) is 0 Å². The molecule has 5 heteroatoms. The first-order chi connectivity index (χ1) is 8.04. The van der Waals surface area contributed by atoms with Gasteiger partial charge >= 0.3 is 5.97 Å². The molecule has 0 aliphatic rings. The molecule has 0 fully saturated rings. The fraction of sp³-hybridized carbons (Fsp3) is 0.333. The van der Waals surface area contributed by atoms with Gasteiger partial charge in [-0.2, -0.15) is 0 Å². The molecule has 1 unspecified atom stereocenters. The van der Waals surface area contributed by atoms with Gasteiger partial charge in [-0.1, -0.05) is 19.4 Å². The second-order valence-electron chi connectivity index (χ2n) is 3.70. The number of aromatic hydroxyl groups is 1. The van der Waals surface area contributed by atoms with Crippen LogP contribution in [0.1, 0.15) is 30.1 Å². The number of aliphatic carboxylic acids is 1. The number of amides is 1. The van der Waals surface area contributed by atoms with Gasteiger partial charge in [-0.05, 0) is 24.6 Å². The maximum Gasteiger partial charge on any atom is 0.326 e. The molecule has 92 valence electrons. The molecular formula is C12H15NO4. The zero-order valence-corrected chi connectivity index (χ0v) is 9.51. The second kappa shape index (κ2) is 5.89. The highest BCUT2D eigenvalue weighted by Gasteiger charge is 2.19. The molecule has 0 aromatic heterocycles. The molecule has 0 aliphatic carbocycles. The molecule has 0 saturated heterocycles. The van der Waals surface area contributed by atoms with Gasteiger partial charge in [0.2, 0.25) is 0 Å². The van der Waals surface area contributed by atoms with Crippen LogP contribution in [0, 0.1) is 0 Å². The lowest BCUT2D eigenvalue weighted by Crippen LogP contribution is -2.40. The minimum atomic E-state index is -1.06. The Balaban J connectivity index is 2.73. The predicted octanol–water partition coefficient (Wildman–Crippen LogP) is 1.38. The minimum Gasteiger partial charge on any atom is -0.508 e. The van der Waals surface area contributed by atoms with E-state index >= 15 is 0 Å². The molecule has 0 spiro atoms. The Kier molecular flexibility index (Phi) is 4.51. The number of phenols is 1. The van der Waals surface area contributed by atoms with Gasteiger partial charge in [0.1, 0.15) is 11.8 Å². The molecule has 1 rings (SSSR count). The summed E-state index contributed by atoms with van der Waals surface area (Å²) >= 11 is 0. The summed E-state index contributed by atoms with van der Waals surface area (Å²) in [6.45, 7) is 1.84. The van der Waals surface area contributed by atoms with Crippen LogP contribution < -0.4 is 5.32 Å². The van der Waals surface area contributed by atoms with Crippen LogP contribution in [0.3, 0.4) is 0 Å². The number of hydrogen-bond acceptors (Lipinski definition) is 3. The van der Waals surface area contributed by atoms with Gasteiger partial charge in [0, 0.05) is 5.56 Å². The van der Waals surface area contributed by atoms with Crippen molar-refractivity contribution in [3.63, 3.8) is 0 Å².